The molecule has 0 radical (unpaired) electrons. The fourth-order valence-corrected chi connectivity index (χ4v) is 2.05. The van der Waals surface area contributed by atoms with Crippen LogP contribution in [0.25, 0.3) is 0 Å². The first-order chi connectivity index (χ1) is 9.24. The Balaban J connectivity index is 2.00. The summed E-state index contributed by atoms with van der Waals surface area (Å²) in [6.07, 6.45) is 13.5. The second-order valence-corrected chi connectivity index (χ2v) is 4.87. The summed E-state index contributed by atoms with van der Waals surface area (Å²) in [4.78, 5) is 10.3. The van der Waals surface area contributed by atoms with Gasteiger partial charge in [0.1, 0.15) is 6.61 Å². The van der Waals surface area contributed by atoms with Crippen LogP contribution in [-0.2, 0) is 4.79 Å². The number of carbonyl (C=O) groups is 1. The van der Waals surface area contributed by atoms with E-state index in [1.807, 2.05) is 6.08 Å². The number of aliphatic carboxylic acids is 1. The number of aliphatic hydroxyl groups is 1. The van der Waals surface area contributed by atoms with Gasteiger partial charge in [-0.2, -0.15) is 0 Å². The van der Waals surface area contributed by atoms with Gasteiger partial charge in [0.05, 0.1) is 0 Å². The molecule has 3 heteroatoms. The first kappa shape index (κ1) is 15.5. The third-order valence-electron chi connectivity index (χ3n) is 3.26. The highest BCUT2D eigenvalue weighted by Gasteiger charge is 2.34. The van der Waals surface area contributed by atoms with Crippen molar-refractivity contribution in [1.82, 2.24) is 0 Å². The fraction of sp³-hybridized carbons (Fsp3) is 0.562. The normalized spacial score (nSPS) is 21.5. The van der Waals surface area contributed by atoms with Crippen molar-refractivity contribution in [2.45, 2.75) is 38.5 Å². The maximum absolute atomic E-state index is 10.3. The first-order valence-corrected chi connectivity index (χ1v) is 6.85. The molecule has 0 bridgehead atoms. The van der Waals surface area contributed by atoms with Crippen LogP contribution in [0, 0.1) is 23.7 Å². The summed E-state index contributed by atoms with van der Waals surface area (Å²) in [5.41, 5.74) is 0. The highest BCUT2D eigenvalue weighted by molar-refractivity contribution is 5.66. The minimum Gasteiger partial charge on any atom is -0.481 e. The Hall–Kier alpha value is -1.53. The highest BCUT2D eigenvalue weighted by Crippen LogP contribution is 2.44. The molecular formula is C16H22O3. The molecule has 3 nitrogen and oxygen atoms in total. The number of carboxylic acids is 1. The van der Waals surface area contributed by atoms with Crippen LogP contribution in [0.5, 0.6) is 0 Å². The topological polar surface area (TPSA) is 57.5 Å². The van der Waals surface area contributed by atoms with Gasteiger partial charge in [0.25, 0.3) is 0 Å². The average Bonchev–Trinajstić information content (AvgIpc) is 3.12. The van der Waals surface area contributed by atoms with Crippen LogP contribution in [0.15, 0.2) is 24.3 Å². The van der Waals surface area contributed by atoms with Gasteiger partial charge in [-0.15, -0.1) is 0 Å². The van der Waals surface area contributed by atoms with Crippen molar-refractivity contribution in [2.24, 2.45) is 11.8 Å². The predicted octanol–water partition coefficient (Wildman–Crippen LogP) is 2.77. The number of allylic oxidation sites excluding steroid dienone is 4. The molecule has 1 saturated carbocycles. The SMILES string of the molecule is O=C(O)CCC/C=C\CC1CC1C/C=C\C#CCO. The van der Waals surface area contributed by atoms with Gasteiger partial charge in [-0.3, -0.25) is 4.79 Å². The molecule has 0 spiro atoms. The van der Waals surface area contributed by atoms with Crippen LogP contribution in [0.3, 0.4) is 0 Å². The van der Waals surface area contributed by atoms with Crippen LogP contribution in [0.2, 0.25) is 0 Å². The highest BCUT2D eigenvalue weighted by atomic mass is 16.4. The Labute approximate surface area is 115 Å². The molecule has 1 rings (SSSR count). The second-order valence-electron chi connectivity index (χ2n) is 4.87. The lowest BCUT2D eigenvalue weighted by atomic mass is 10.1. The van der Waals surface area contributed by atoms with Gasteiger partial charge in [-0.1, -0.05) is 30.1 Å². The Bertz CT molecular complexity index is 385. The number of hydrogen-bond acceptors (Lipinski definition) is 2. The summed E-state index contributed by atoms with van der Waals surface area (Å²) in [7, 11) is 0. The molecule has 0 aromatic heterocycles. The van der Waals surface area contributed by atoms with Gasteiger partial charge < -0.3 is 10.2 Å². The van der Waals surface area contributed by atoms with Crippen LogP contribution in [0.4, 0.5) is 0 Å². The van der Waals surface area contributed by atoms with Crippen molar-refractivity contribution in [3.8, 4) is 11.8 Å². The van der Waals surface area contributed by atoms with Crippen LogP contribution in [0.1, 0.15) is 38.5 Å². The van der Waals surface area contributed by atoms with Gasteiger partial charge in [0.2, 0.25) is 0 Å². The molecule has 0 heterocycles. The molecule has 19 heavy (non-hydrogen) atoms. The molecule has 2 unspecified atom stereocenters. The van der Waals surface area contributed by atoms with Crippen LogP contribution >= 0.6 is 0 Å². The largest absolute Gasteiger partial charge is 0.481 e. The van der Waals surface area contributed by atoms with Crippen LogP contribution in [-0.4, -0.2) is 22.8 Å². The summed E-state index contributed by atoms with van der Waals surface area (Å²) in [5.74, 6) is 6.19. The zero-order chi connectivity index (χ0) is 13.9. The Morgan fingerprint density at radius 3 is 2.63 bits per heavy atom. The molecule has 2 N–H and O–H groups in total. The number of carboxylic acid groups (broad SMARTS) is 1. The minimum absolute atomic E-state index is 0.0803. The van der Waals surface area contributed by atoms with Gasteiger partial charge >= 0.3 is 5.97 Å². The van der Waals surface area contributed by atoms with E-state index in [-0.39, 0.29) is 13.0 Å². The number of unbranched alkanes of at least 4 members (excludes halogenated alkanes) is 1. The predicted molar refractivity (Wildman–Crippen MR) is 75.5 cm³/mol. The molecule has 0 aliphatic heterocycles. The van der Waals surface area contributed by atoms with Crippen molar-refractivity contribution < 1.29 is 15.0 Å². The van der Waals surface area contributed by atoms with Crippen molar-refractivity contribution in [3.63, 3.8) is 0 Å². The molecule has 1 aliphatic carbocycles. The Morgan fingerprint density at radius 1 is 1.21 bits per heavy atom. The maximum atomic E-state index is 10.3. The number of aliphatic hydroxyl groups excluding tert-OH is 1. The Morgan fingerprint density at radius 2 is 1.95 bits per heavy atom. The molecule has 0 aromatic rings. The molecule has 104 valence electrons. The summed E-state index contributed by atoms with van der Waals surface area (Å²) in [5, 5.41) is 17.0. The molecule has 0 aromatic carbocycles. The minimum atomic E-state index is -0.716. The summed E-state index contributed by atoms with van der Waals surface area (Å²) >= 11 is 0. The van der Waals surface area contributed by atoms with Crippen LogP contribution < -0.4 is 0 Å². The van der Waals surface area contributed by atoms with E-state index in [0.29, 0.717) is 0 Å². The fourth-order valence-electron chi connectivity index (χ4n) is 2.05. The third-order valence-corrected chi connectivity index (χ3v) is 3.26. The van der Waals surface area contributed by atoms with Crippen molar-refractivity contribution in [2.75, 3.05) is 6.61 Å². The van der Waals surface area contributed by atoms with E-state index in [1.54, 1.807) is 0 Å². The second kappa shape index (κ2) is 9.41. The molecule has 2 atom stereocenters. The molecule has 0 amide bonds. The molecule has 1 fully saturated rings. The molecule has 0 saturated heterocycles. The quantitative estimate of drug-likeness (QED) is 0.402. The zero-order valence-corrected chi connectivity index (χ0v) is 11.2. The van der Waals surface area contributed by atoms with E-state index in [0.717, 1.165) is 37.5 Å². The standard InChI is InChI=1S/C16H22O3/c17-12-8-4-3-6-10-15-13-14(15)9-5-1-2-7-11-16(18)19/h1,3,5-6,14-15,17H,2,7,9-13H2,(H,18,19)/b5-1-,6-3-. The maximum Gasteiger partial charge on any atom is 0.303 e. The smallest absolute Gasteiger partial charge is 0.303 e. The van der Waals surface area contributed by atoms with E-state index in [4.69, 9.17) is 10.2 Å². The summed E-state index contributed by atoms with van der Waals surface area (Å²) in [6, 6.07) is 0. The molecular weight excluding hydrogens is 240 g/mol. The first-order valence-electron chi connectivity index (χ1n) is 6.85. The lowest BCUT2D eigenvalue weighted by Crippen LogP contribution is -1.92. The zero-order valence-electron chi connectivity index (χ0n) is 11.2. The van der Waals surface area contributed by atoms with E-state index < -0.39 is 5.97 Å². The van der Waals surface area contributed by atoms with Crippen molar-refractivity contribution in [3.05, 3.63) is 24.3 Å². The monoisotopic (exact) mass is 262 g/mol. The molecule has 1 aliphatic rings. The van der Waals surface area contributed by atoms with Gasteiger partial charge in [0, 0.05) is 6.42 Å². The van der Waals surface area contributed by atoms with E-state index >= 15 is 0 Å². The van der Waals surface area contributed by atoms with Crippen molar-refractivity contribution >= 4 is 5.97 Å². The van der Waals surface area contributed by atoms with Gasteiger partial charge in [0.15, 0.2) is 0 Å². The van der Waals surface area contributed by atoms with E-state index in [9.17, 15) is 4.79 Å². The summed E-state index contributed by atoms with van der Waals surface area (Å²) < 4.78 is 0. The number of rotatable bonds is 8. The van der Waals surface area contributed by atoms with E-state index in [2.05, 4.69) is 30.1 Å². The van der Waals surface area contributed by atoms with Crippen molar-refractivity contribution in [1.29, 1.82) is 0 Å². The Kier molecular flexibility index (Phi) is 7.69. The number of hydrogen-bond donors (Lipinski definition) is 2. The third kappa shape index (κ3) is 8.23. The van der Waals surface area contributed by atoms with Gasteiger partial charge in [-0.05, 0) is 50.0 Å². The lowest BCUT2D eigenvalue weighted by molar-refractivity contribution is -0.137. The van der Waals surface area contributed by atoms with Gasteiger partial charge in [-0.25, -0.2) is 0 Å². The average molecular weight is 262 g/mol. The summed E-state index contributed by atoms with van der Waals surface area (Å²) in [6.45, 7) is -0.0803. The lowest BCUT2D eigenvalue weighted by Gasteiger charge is -1.93. The van der Waals surface area contributed by atoms with E-state index in [1.165, 1.54) is 6.42 Å².